The first-order chi connectivity index (χ1) is 11.3. The Morgan fingerprint density at radius 1 is 1.33 bits per heavy atom. The number of aryl methyl sites for hydroxylation is 3. The van der Waals surface area contributed by atoms with Crippen molar-refractivity contribution in [3.8, 4) is 0 Å². The molecule has 8 nitrogen and oxygen atoms in total. The molecule has 1 atom stereocenters. The number of sulfonamides is 1. The molecule has 3 aromatic rings. The molecule has 0 aliphatic carbocycles. The van der Waals surface area contributed by atoms with Gasteiger partial charge < -0.3 is 4.52 Å². The van der Waals surface area contributed by atoms with Gasteiger partial charge in [0.25, 0.3) is 0 Å². The highest BCUT2D eigenvalue weighted by Crippen LogP contribution is 2.18. The second-order valence-electron chi connectivity index (χ2n) is 5.89. The Kier molecular flexibility index (Phi) is 4.14. The number of nitrogens with one attached hydrogen (secondary N) is 1. The monoisotopic (exact) mass is 349 g/mol. The summed E-state index contributed by atoms with van der Waals surface area (Å²) in [5.74, 6) is 0.708. The summed E-state index contributed by atoms with van der Waals surface area (Å²) in [5, 5.41) is 11.7. The fourth-order valence-electron chi connectivity index (χ4n) is 2.66. The molecular weight excluding hydrogens is 330 g/mol. The Hall–Kier alpha value is -2.26. The maximum Gasteiger partial charge on any atom is 0.240 e. The smallest absolute Gasteiger partial charge is 0.240 e. The fraction of sp³-hybridized carbons (Fsp3) is 0.400. The average Bonchev–Trinajstić information content (AvgIpc) is 3.04. The highest BCUT2D eigenvalue weighted by Gasteiger charge is 2.21. The molecule has 0 fully saturated rings. The third kappa shape index (κ3) is 3.04. The van der Waals surface area contributed by atoms with E-state index < -0.39 is 10.0 Å². The van der Waals surface area contributed by atoms with Crippen molar-refractivity contribution in [1.82, 2.24) is 24.9 Å². The van der Waals surface area contributed by atoms with Crippen molar-refractivity contribution in [2.75, 3.05) is 0 Å². The first kappa shape index (κ1) is 16.6. The number of rotatable bonds is 5. The first-order valence-electron chi connectivity index (χ1n) is 7.51. The Morgan fingerprint density at radius 2 is 2.08 bits per heavy atom. The van der Waals surface area contributed by atoms with Gasteiger partial charge >= 0.3 is 0 Å². The lowest BCUT2D eigenvalue weighted by atomic mass is 10.1. The van der Waals surface area contributed by atoms with Gasteiger partial charge in [-0.25, -0.2) is 17.8 Å². The minimum Gasteiger partial charge on any atom is -0.361 e. The number of hydrogen-bond acceptors (Lipinski definition) is 6. The van der Waals surface area contributed by atoms with Crippen molar-refractivity contribution in [1.29, 1.82) is 0 Å². The summed E-state index contributed by atoms with van der Waals surface area (Å²) >= 11 is 0. The molecule has 3 rings (SSSR count). The summed E-state index contributed by atoms with van der Waals surface area (Å²) in [7, 11) is -1.89. The zero-order valence-corrected chi connectivity index (χ0v) is 14.8. The molecule has 128 valence electrons. The van der Waals surface area contributed by atoms with Gasteiger partial charge in [0.15, 0.2) is 0 Å². The van der Waals surface area contributed by atoms with Gasteiger partial charge in [0, 0.05) is 18.7 Å². The average molecular weight is 349 g/mol. The van der Waals surface area contributed by atoms with Gasteiger partial charge in [-0.1, -0.05) is 10.4 Å². The van der Waals surface area contributed by atoms with Gasteiger partial charge in [0.2, 0.25) is 10.0 Å². The van der Waals surface area contributed by atoms with E-state index in [1.165, 1.54) is 6.07 Å². The van der Waals surface area contributed by atoms with Crippen LogP contribution in [0, 0.1) is 13.8 Å². The zero-order valence-electron chi connectivity index (χ0n) is 13.9. The fourth-order valence-corrected chi connectivity index (χ4v) is 3.92. The molecule has 2 aromatic heterocycles. The van der Waals surface area contributed by atoms with Crippen molar-refractivity contribution in [2.24, 2.45) is 7.05 Å². The quantitative estimate of drug-likeness (QED) is 0.748. The topological polar surface area (TPSA) is 103 Å². The van der Waals surface area contributed by atoms with Crippen LogP contribution < -0.4 is 4.72 Å². The lowest BCUT2D eigenvalue weighted by Gasteiger charge is -2.14. The number of fused-ring (bicyclic) bond motifs is 1. The summed E-state index contributed by atoms with van der Waals surface area (Å²) < 4.78 is 34.6. The van der Waals surface area contributed by atoms with Gasteiger partial charge in [-0.15, -0.1) is 5.10 Å². The van der Waals surface area contributed by atoms with Crippen molar-refractivity contribution in [3.63, 3.8) is 0 Å². The third-order valence-corrected chi connectivity index (χ3v) is 5.53. The van der Waals surface area contributed by atoms with E-state index in [9.17, 15) is 8.42 Å². The van der Waals surface area contributed by atoms with Crippen LogP contribution in [0.15, 0.2) is 27.6 Å². The summed E-state index contributed by atoms with van der Waals surface area (Å²) in [5.41, 5.74) is 3.02. The molecule has 0 saturated heterocycles. The third-order valence-electron chi connectivity index (χ3n) is 3.94. The van der Waals surface area contributed by atoms with Crippen LogP contribution in [-0.2, 0) is 23.5 Å². The summed E-state index contributed by atoms with van der Waals surface area (Å²) in [6, 6.07) is 4.47. The minimum atomic E-state index is -3.65. The van der Waals surface area contributed by atoms with Crippen molar-refractivity contribution < 1.29 is 12.9 Å². The Morgan fingerprint density at radius 3 is 2.75 bits per heavy atom. The zero-order chi connectivity index (χ0) is 17.5. The molecule has 9 heteroatoms. The molecule has 1 unspecified atom stereocenters. The minimum absolute atomic E-state index is 0.168. The van der Waals surface area contributed by atoms with Crippen LogP contribution >= 0.6 is 0 Å². The van der Waals surface area contributed by atoms with Crippen LogP contribution in [0.2, 0.25) is 0 Å². The first-order valence-corrected chi connectivity index (χ1v) is 9.00. The van der Waals surface area contributed by atoms with E-state index in [2.05, 4.69) is 20.2 Å². The molecule has 0 spiro atoms. The lowest BCUT2D eigenvalue weighted by molar-refractivity contribution is 0.392. The van der Waals surface area contributed by atoms with Crippen LogP contribution in [0.1, 0.15) is 23.9 Å². The maximum absolute atomic E-state index is 12.6. The molecule has 0 aliphatic heterocycles. The standard InChI is InChI=1S/C15H19N5O3S/c1-9(7-13-10(2)17-23-11(13)3)18-24(21,22)12-5-6-15-14(8-12)16-19-20(15)4/h5-6,8-9,18H,7H2,1-4H3. The van der Waals surface area contributed by atoms with Gasteiger partial charge in [-0.2, -0.15) is 0 Å². The van der Waals surface area contributed by atoms with E-state index in [0.717, 1.165) is 16.8 Å². The molecule has 0 amide bonds. The number of hydrogen-bond donors (Lipinski definition) is 1. The second kappa shape index (κ2) is 5.99. The molecule has 24 heavy (non-hydrogen) atoms. The summed E-state index contributed by atoms with van der Waals surface area (Å²) in [6.07, 6.45) is 0.508. The Balaban J connectivity index is 1.81. The highest BCUT2D eigenvalue weighted by molar-refractivity contribution is 7.89. The molecule has 0 saturated carbocycles. The predicted molar refractivity (Wildman–Crippen MR) is 88.0 cm³/mol. The van der Waals surface area contributed by atoms with E-state index >= 15 is 0 Å². The number of benzene rings is 1. The molecule has 1 N–H and O–H groups in total. The van der Waals surface area contributed by atoms with E-state index in [0.29, 0.717) is 17.7 Å². The van der Waals surface area contributed by atoms with Crippen molar-refractivity contribution in [2.45, 2.75) is 38.1 Å². The lowest BCUT2D eigenvalue weighted by Crippen LogP contribution is -2.34. The van der Waals surface area contributed by atoms with Gasteiger partial charge in [0.05, 0.1) is 16.1 Å². The van der Waals surface area contributed by atoms with Gasteiger partial charge in [-0.3, -0.25) is 0 Å². The van der Waals surface area contributed by atoms with Crippen LogP contribution in [0.5, 0.6) is 0 Å². The molecule has 1 aromatic carbocycles. The Labute approximate surface area is 139 Å². The number of nitrogens with zero attached hydrogens (tertiary/aromatic N) is 4. The predicted octanol–water partition coefficient (Wildman–Crippen LogP) is 1.48. The van der Waals surface area contributed by atoms with E-state index in [1.54, 1.807) is 23.9 Å². The normalized spacial score (nSPS) is 13.5. The van der Waals surface area contributed by atoms with E-state index in [1.807, 2.05) is 20.8 Å². The van der Waals surface area contributed by atoms with Gasteiger partial charge in [-0.05, 0) is 45.4 Å². The summed E-state index contributed by atoms with van der Waals surface area (Å²) in [4.78, 5) is 0.168. The molecular formula is C15H19N5O3S. The Bertz CT molecular complexity index is 970. The molecule has 2 heterocycles. The number of aromatic nitrogens is 4. The van der Waals surface area contributed by atoms with Crippen LogP contribution in [-0.4, -0.2) is 34.6 Å². The summed E-state index contributed by atoms with van der Waals surface area (Å²) in [6.45, 7) is 5.47. The second-order valence-corrected chi connectivity index (χ2v) is 7.61. The largest absolute Gasteiger partial charge is 0.361 e. The van der Waals surface area contributed by atoms with Crippen LogP contribution in [0.25, 0.3) is 11.0 Å². The van der Waals surface area contributed by atoms with Gasteiger partial charge in [0.1, 0.15) is 11.3 Å². The molecule has 0 radical (unpaired) electrons. The van der Waals surface area contributed by atoms with Crippen molar-refractivity contribution >= 4 is 21.1 Å². The highest BCUT2D eigenvalue weighted by atomic mass is 32.2. The molecule has 0 aliphatic rings. The van der Waals surface area contributed by atoms with Crippen molar-refractivity contribution in [3.05, 3.63) is 35.2 Å². The molecule has 0 bridgehead atoms. The maximum atomic E-state index is 12.6. The van der Waals surface area contributed by atoms with E-state index in [4.69, 9.17) is 4.52 Å². The van der Waals surface area contributed by atoms with Crippen LogP contribution in [0.4, 0.5) is 0 Å². The van der Waals surface area contributed by atoms with Crippen LogP contribution in [0.3, 0.4) is 0 Å². The van der Waals surface area contributed by atoms with E-state index in [-0.39, 0.29) is 10.9 Å². The SMILES string of the molecule is Cc1noc(C)c1CC(C)NS(=O)(=O)c1ccc2c(c1)nnn2C.